The molecule has 1 aliphatic rings. The summed E-state index contributed by atoms with van der Waals surface area (Å²) in [6.07, 6.45) is 0. The molecule has 0 saturated heterocycles. The normalized spacial score (nSPS) is 13.9. The van der Waals surface area contributed by atoms with Crippen molar-refractivity contribution in [3.05, 3.63) is 271 Å². The zero-order valence-corrected chi connectivity index (χ0v) is 35.2. The molecule has 1 unspecified atom stereocenters. The third-order valence-corrected chi connectivity index (χ3v) is 13.0. The lowest BCUT2D eigenvalue weighted by atomic mass is 9.74. The van der Waals surface area contributed by atoms with Gasteiger partial charge < -0.3 is 4.90 Å². The van der Waals surface area contributed by atoms with Crippen LogP contribution < -0.4 is 4.90 Å². The van der Waals surface area contributed by atoms with Crippen molar-refractivity contribution in [2.45, 2.75) is 12.3 Å². The standard InChI is InChI=1S/C62H45N/c1-62(49-24-9-4-10-25-49)57-32-17-15-31-56(57)61-58(62)33-19-35-60(61)63(50-42-40-47(41-43-50)46-38-36-45(37-39-46)44-20-5-2-6-21-44)59-34-18-16-30-55(59)54-29-14-13-28-53(54)52-27-12-11-26-51(52)48-22-7-3-8-23-48/h2-43H,1H3. The van der Waals surface area contributed by atoms with Crippen LogP contribution in [0.15, 0.2) is 255 Å². The molecule has 298 valence electrons. The number of hydrogen-bond acceptors (Lipinski definition) is 1. The van der Waals surface area contributed by atoms with Crippen LogP contribution in [0.3, 0.4) is 0 Å². The lowest BCUT2D eigenvalue weighted by Crippen LogP contribution is -2.22. The van der Waals surface area contributed by atoms with Crippen molar-refractivity contribution in [2.24, 2.45) is 0 Å². The van der Waals surface area contributed by atoms with Gasteiger partial charge in [0.25, 0.3) is 0 Å². The van der Waals surface area contributed by atoms with Gasteiger partial charge in [-0.3, -0.25) is 0 Å². The van der Waals surface area contributed by atoms with E-state index in [1.54, 1.807) is 0 Å². The lowest BCUT2D eigenvalue weighted by Gasteiger charge is -2.32. The van der Waals surface area contributed by atoms with E-state index in [4.69, 9.17) is 0 Å². The summed E-state index contributed by atoms with van der Waals surface area (Å²) in [5.74, 6) is 0. The molecule has 0 aliphatic heterocycles. The second-order valence-corrected chi connectivity index (χ2v) is 16.5. The Bertz CT molecular complexity index is 3210. The molecular weight excluding hydrogens is 759 g/mol. The molecule has 1 nitrogen and oxygen atoms in total. The van der Waals surface area contributed by atoms with E-state index >= 15 is 0 Å². The Morgan fingerprint density at radius 3 is 1.29 bits per heavy atom. The molecule has 1 heteroatoms. The fourth-order valence-corrected chi connectivity index (χ4v) is 9.92. The maximum Gasteiger partial charge on any atom is 0.0543 e. The van der Waals surface area contributed by atoms with Crippen molar-refractivity contribution < 1.29 is 0 Å². The van der Waals surface area contributed by atoms with E-state index < -0.39 is 0 Å². The number of hydrogen-bond donors (Lipinski definition) is 0. The summed E-state index contributed by atoms with van der Waals surface area (Å²) < 4.78 is 0. The summed E-state index contributed by atoms with van der Waals surface area (Å²) in [5.41, 5.74) is 21.4. The molecule has 0 bridgehead atoms. The molecule has 0 heterocycles. The Hall–Kier alpha value is -8.00. The van der Waals surface area contributed by atoms with Gasteiger partial charge in [-0.2, -0.15) is 0 Å². The third kappa shape index (κ3) is 6.67. The highest BCUT2D eigenvalue weighted by Gasteiger charge is 2.42. The molecule has 0 saturated carbocycles. The fraction of sp³-hybridized carbons (Fsp3) is 0.0323. The maximum absolute atomic E-state index is 2.50. The number of benzene rings is 10. The summed E-state index contributed by atoms with van der Waals surface area (Å²) in [5, 5.41) is 0. The monoisotopic (exact) mass is 803 g/mol. The third-order valence-electron chi connectivity index (χ3n) is 13.0. The van der Waals surface area contributed by atoms with Crippen LogP contribution in [-0.4, -0.2) is 0 Å². The second-order valence-electron chi connectivity index (χ2n) is 16.5. The van der Waals surface area contributed by atoms with Gasteiger partial charge in [-0.05, 0) is 104 Å². The average Bonchev–Trinajstić information content (AvgIpc) is 3.64. The molecule has 0 amide bonds. The van der Waals surface area contributed by atoms with E-state index in [1.165, 1.54) is 77.9 Å². The second kappa shape index (κ2) is 16.1. The highest BCUT2D eigenvalue weighted by Crippen LogP contribution is 2.57. The number of fused-ring (bicyclic) bond motifs is 3. The molecule has 10 aromatic rings. The Labute approximate surface area is 370 Å². The van der Waals surface area contributed by atoms with Crippen LogP contribution in [0.2, 0.25) is 0 Å². The Morgan fingerprint density at radius 1 is 0.270 bits per heavy atom. The molecule has 0 spiro atoms. The van der Waals surface area contributed by atoms with E-state index in [0.717, 1.165) is 22.6 Å². The molecule has 11 rings (SSSR count). The van der Waals surface area contributed by atoms with E-state index in [0.29, 0.717) is 0 Å². The van der Waals surface area contributed by atoms with Gasteiger partial charge in [-0.15, -0.1) is 0 Å². The summed E-state index contributed by atoms with van der Waals surface area (Å²) >= 11 is 0. The lowest BCUT2D eigenvalue weighted by molar-refractivity contribution is 0.714. The highest BCUT2D eigenvalue weighted by atomic mass is 15.1. The number of para-hydroxylation sites is 1. The van der Waals surface area contributed by atoms with Gasteiger partial charge >= 0.3 is 0 Å². The van der Waals surface area contributed by atoms with Crippen molar-refractivity contribution in [1.82, 2.24) is 0 Å². The van der Waals surface area contributed by atoms with E-state index in [1.807, 2.05) is 0 Å². The summed E-state index contributed by atoms with van der Waals surface area (Å²) in [7, 11) is 0. The van der Waals surface area contributed by atoms with Crippen LogP contribution in [0, 0.1) is 0 Å². The van der Waals surface area contributed by atoms with E-state index in [9.17, 15) is 0 Å². The number of rotatable bonds is 9. The van der Waals surface area contributed by atoms with Crippen molar-refractivity contribution in [2.75, 3.05) is 4.90 Å². The topological polar surface area (TPSA) is 3.24 Å². The molecular formula is C62H45N. The first-order valence-corrected chi connectivity index (χ1v) is 21.8. The zero-order valence-electron chi connectivity index (χ0n) is 35.2. The first kappa shape index (κ1) is 38.0. The minimum Gasteiger partial charge on any atom is -0.309 e. The predicted molar refractivity (Wildman–Crippen MR) is 266 cm³/mol. The molecule has 0 aromatic heterocycles. The molecule has 0 N–H and O–H groups in total. The minimum atomic E-state index is -0.335. The Kier molecular flexibility index (Phi) is 9.71. The fourth-order valence-electron chi connectivity index (χ4n) is 9.92. The van der Waals surface area contributed by atoms with Crippen LogP contribution in [0.5, 0.6) is 0 Å². The first-order valence-electron chi connectivity index (χ1n) is 21.8. The van der Waals surface area contributed by atoms with Crippen molar-refractivity contribution in [3.8, 4) is 66.8 Å². The molecule has 10 aromatic carbocycles. The Morgan fingerprint density at radius 2 is 0.667 bits per heavy atom. The quantitative estimate of drug-likeness (QED) is 0.140. The number of anilines is 3. The molecule has 1 atom stereocenters. The van der Waals surface area contributed by atoms with Crippen molar-refractivity contribution in [3.63, 3.8) is 0 Å². The van der Waals surface area contributed by atoms with Gasteiger partial charge in [0.15, 0.2) is 0 Å². The predicted octanol–water partition coefficient (Wildman–Crippen LogP) is 16.8. The van der Waals surface area contributed by atoms with Crippen LogP contribution in [0.4, 0.5) is 17.1 Å². The van der Waals surface area contributed by atoms with Gasteiger partial charge in [0.05, 0.1) is 11.4 Å². The van der Waals surface area contributed by atoms with Crippen molar-refractivity contribution in [1.29, 1.82) is 0 Å². The van der Waals surface area contributed by atoms with Gasteiger partial charge in [0, 0.05) is 22.2 Å². The molecule has 0 radical (unpaired) electrons. The van der Waals surface area contributed by atoms with Crippen LogP contribution in [0.1, 0.15) is 23.6 Å². The average molecular weight is 804 g/mol. The van der Waals surface area contributed by atoms with Crippen LogP contribution in [0.25, 0.3) is 66.8 Å². The number of nitrogens with zero attached hydrogens (tertiary/aromatic N) is 1. The SMILES string of the molecule is CC1(c2ccccc2)c2ccccc2-c2c(N(c3ccc(-c4ccc(-c5ccccc5)cc4)cc3)c3ccccc3-c3ccccc3-c3ccccc3-c3ccccc3)cccc21. The molecule has 1 aliphatic carbocycles. The highest BCUT2D eigenvalue weighted by molar-refractivity contribution is 6.01. The smallest absolute Gasteiger partial charge is 0.0543 e. The first-order chi connectivity index (χ1) is 31.2. The maximum atomic E-state index is 2.50. The van der Waals surface area contributed by atoms with Crippen LogP contribution >= 0.6 is 0 Å². The largest absolute Gasteiger partial charge is 0.309 e. The van der Waals surface area contributed by atoms with Crippen molar-refractivity contribution >= 4 is 17.1 Å². The summed E-state index contributed by atoms with van der Waals surface area (Å²) in [6.45, 7) is 2.40. The summed E-state index contributed by atoms with van der Waals surface area (Å²) in [6, 6.07) is 92.9. The Balaban J connectivity index is 1.11. The molecule has 63 heavy (non-hydrogen) atoms. The van der Waals surface area contributed by atoms with E-state index in [2.05, 4.69) is 267 Å². The van der Waals surface area contributed by atoms with Gasteiger partial charge in [-0.1, -0.05) is 231 Å². The van der Waals surface area contributed by atoms with Gasteiger partial charge in [-0.25, -0.2) is 0 Å². The summed E-state index contributed by atoms with van der Waals surface area (Å²) in [4.78, 5) is 2.50. The van der Waals surface area contributed by atoms with E-state index in [-0.39, 0.29) is 5.41 Å². The van der Waals surface area contributed by atoms with Gasteiger partial charge in [0.1, 0.15) is 0 Å². The van der Waals surface area contributed by atoms with Crippen LogP contribution in [-0.2, 0) is 5.41 Å². The molecule has 0 fully saturated rings. The minimum absolute atomic E-state index is 0.335. The van der Waals surface area contributed by atoms with Gasteiger partial charge in [0.2, 0.25) is 0 Å². The zero-order chi connectivity index (χ0) is 42.2.